The zero-order valence-electron chi connectivity index (χ0n) is 9.37. The Morgan fingerprint density at radius 2 is 2.06 bits per heavy atom. The summed E-state index contributed by atoms with van der Waals surface area (Å²) in [5.74, 6) is -0.0897. The normalized spacial score (nSPS) is 16.2. The van der Waals surface area contributed by atoms with Gasteiger partial charge in [-0.3, -0.25) is 0 Å². The Balaban J connectivity index is 2.42. The molecule has 1 aromatic heterocycles. The van der Waals surface area contributed by atoms with E-state index in [-0.39, 0.29) is 5.82 Å². The maximum absolute atomic E-state index is 11.4. The minimum absolute atomic E-state index is 0.0554. The number of ether oxygens (including phenoxy) is 1. The molecule has 0 amide bonds. The van der Waals surface area contributed by atoms with Crippen molar-refractivity contribution in [3.05, 3.63) is 20.2 Å². The van der Waals surface area contributed by atoms with Crippen molar-refractivity contribution >= 4 is 40.2 Å². The first-order chi connectivity index (χ1) is 8.13. The number of halogens is 2. The molecule has 4 nitrogen and oxygen atoms in total. The molecule has 0 radical (unpaired) electrons. The van der Waals surface area contributed by atoms with Crippen molar-refractivity contribution in [1.29, 1.82) is 0 Å². The standard InChI is InChI=1S/C11H12ClIN2O2/c1-17-11(16)10-14-8(6-4-2-3-5-6)7(13)9(12)15-10/h6H,2-5H2,1H3. The van der Waals surface area contributed by atoms with Gasteiger partial charge in [0.15, 0.2) is 0 Å². The van der Waals surface area contributed by atoms with Crippen LogP contribution in [0.4, 0.5) is 0 Å². The quantitative estimate of drug-likeness (QED) is 0.458. The van der Waals surface area contributed by atoms with E-state index >= 15 is 0 Å². The number of aromatic nitrogens is 2. The Morgan fingerprint density at radius 3 is 2.65 bits per heavy atom. The summed E-state index contributed by atoms with van der Waals surface area (Å²) >= 11 is 8.17. The molecule has 0 bridgehead atoms. The van der Waals surface area contributed by atoms with Crippen molar-refractivity contribution in [2.24, 2.45) is 0 Å². The van der Waals surface area contributed by atoms with Gasteiger partial charge in [0, 0.05) is 5.92 Å². The Morgan fingerprint density at radius 1 is 1.41 bits per heavy atom. The van der Waals surface area contributed by atoms with Gasteiger partial charge >= 0.3 is 5.97 Å². The first kappa shape index (κ1) is 13.0. The van der Waals surface area contributed by atoms with Crippen LogP contribution in [-0.2, 0) is 4.74 Å². The SMILES string of the molecule is COC(=O)c1nc(Cl)c(I)c(C2CCCC2)n1. The lowest BCUT2D eigenvalue weighted by atomic mass is 10.0. The van der Waals surface area contributed by atoms with Gasteiger partial charge in [-0.2, -0.15) is 0 Å². The number of rotatable bonds is 2. The monoisotopic (exact) mass is 366 g/mol. The number of esters is 1. The van der Waals surface area contributed by atoms with Crippen molar-refractivity contribution in [2.45, 2.75) is 31.6 Å². The highest BCUT2D eigenvalue weighted by molar-refractivity contribution is 14.1. The van der Waals surface area contributed by atoms with Gasteiger partial charge in [0.2, 0.25) is 5.82 Å². The zero-order chi connectivity index (χ0) is 12.4. The van der Waals surface area contributed by atoms with E-state index in [1.165, 1.54) is 20.0 Å². The van der Waals surface area contributed by atoms with Crippen LogP contribution in [0.25, 0.3) is 0 Å². The van der Waals surface area contributed by atoms with Crippen LogP contribution in [0.2, 0.25) is 5.15 Å². The second-order valence-electron chi connectivity index (χ2n) is 4.01. The van der Waals surface area contributed by atoms with Crippen molar-refractivity contribution < 1.29 is 9.53 Å². The highest BCUT2D eigenvalue weighted by atomic mass is 127. The van der Waals surface area contributed by atoms with E-state index in [1.54, 1.807) is 0 Å². The molecule has 2 rings (SSSR count). The Kier molecular flexibility index (Phi) is 4.19. The van der Waals surface area contributed by atoms with Crippen molar-refractivity contribution in [2.75, 3.05) is 7.11 Å². The van der Waals surface area contributed by atoms with Crippen LogP contribution in [0.5, 0.6) is 0 Å². The average molecular weight is 367 g/mol. The molecule has 1 fully saturated rings. The number of nitrogens with zero attached hydrogens (tertiary/aromatic N) is 2. The fraction of sp³-hybridized carbons (Fsp3) is 0.545. The maximum Gasteiger partial charge on any atom is 0.376 e. The smallest absolute Gasteiger partial charge is 0.376 e. The third-order valence-corrected chi connectivity index (χ3v) is 4.60. The molecule has 0 N–H and O–H groups in total. The number of hydrogen-bond donors (Lipinski definition) is 0. The molecule has 1 aliphatic carbocycles. The molecule has 6 heteroatoms. The first-order valence-corrected chi connectivity index (χ1v) is 6.90. The molecule has 0 aromatic carbocycles. The molecule has 0 atom stereocenters. The van der Waals surface area contributed by atoms with E-state index in [1.807, 2.05) is 0 Å². The highest BCUT2D eigenvalue weighted by Gasteiger charge is 2.25. The van der Waals surface area contributed by atoms with Crippen molar-refractivity contribution in [1.82, 2.24) is 9.97 Å². The summed E-state index contributed by atoms with van der Waals surface area (Å²) < 4.78 is 5.47. The van der Waals surface area contributed by atoms with Crippen LogP contribution in [0, 0.1) is 3.57 Å². The third kappa shape index (κ3) is 2.70. The number of methoxy groups -OCH3 is 1. The minimum Gasteiger partial charge on any atom is -0.463 e. The Labute approximate surface area is 118 Å². The Hall–Kier alpha value is -0.430. The average Bonchev–Trinajstić information content (AvgIpc) is 2.85. The number of hydrogen-bond acceptors (Lipinski definition) is 4. The molecule has 0 spiro atoms. The zero-order valence-corrected chi connectivity index (χ0v) is 12.3. The van der Waals surface area contributed by atoms with E-state index in [0.717, 1.165) is 22.1 Å². The fourth-order valence-corrected chi connectivity index (χ4v) is 2.95. The summed E-state index contributed by atoms with van der Waals surface area (Å²) in [5, 5.41) is 0.336. The van der Waals surface area contributed by atoms with Gasteiger partial charge in [-0.1, -0.05) is 24.4 Å². The van der Waals surface area contributed by atoms with Gasteiger partial charge in [-0.05, 0) is 35.4 Å². The van der Waals surface area contributed by atoms with E-state index in [2.05, 4.69) is 37.3 Å². The largest absolute Gasteiger partial charge is 0.463 e. The third-order valence-electron chi connectivity index (χ3n) is 2.95. The van der Waals surface area contributed by atoms with E-state index in [0.29, 0.717) is 11.1 Å². The molecule has 92 valence electrons. The molecule has 1 aliphatic rings. The minimum atomic E-state index is -0.539. The van der Waals surface area contributed by atoms with Crippen LogP contribution in [0.3, 0.4) is 0 Å². The summed E-state index contributed by atoms with van der Waals surface area (Å²) in [6.07, 6.45) is 4.61. The van der Waals surface area contributed by atoms with Gasteiger partial charge in [-0.15, -0.1) is 0 Å². The summed E-state index contributed by atoms with van der Waals surface area (Å²) in [5.41, 5.74) is 0.892. The van der Waals surface area contributed by atoms with E-state index in [9.17, 15) is 4.79 Å². The van der Waals surface area contributed by atoms with Gasteiger partial charge in [-0.25, -0.2) is 14.8 Å². The van der Waals surface area contributed by atoms with Gasteiger partial charge < -0.3 is 4.74 Å². The molecule has 1 saturated carbocycles. The molecular weight excluding hydrogens is 354 g/mol. The van der Waals surface area contributed by atoms with Gasteiger partial charge in [0.05, 0.1) is 16.4 Å². The van der Waals surface area contributed by atoms with Gasteiger partial charge in [0.25, 0.3) is 0 Å². The number of carbonyl (C=O) groups is 1. The fourth-order valence-electron chi connectivity index (χ4n) is 2.09. The summed E-state index contributed by atoms with van der Waals surface area (Å²) in [6, 6.07) is 0. The maximum atomic E-state index is 11.4. The van der Waals surface area contributed by atoms with Crippen molar-refractivity contribution in [3.8, 4) is 0 Å². The molecule has 0 aliphatic heterocycles. The lowest BCUT2D eigenvalue weighted by Gasteiger charge is -2.12. The molecule has 17 heavy (non-hydrogen) atoms. The molecule has 0 unspecified atom stereocenters. The van der Waals surface area contributed by atoms with Crippen LogP contribution < -0.4 is 0 Å². The van der Waals surface area contributed by atoms with Crippen LogP contribution in [0.15, 0.2) is 0 Å². The molecule has 1 heterocycles. The Bertz CT molecular complexity index is 447. The molecule has 0 saturated heterocycles. The highest BCUT2D eigenvalue weighted by Crippen LogP contribution is 2.36. The van der Waals surface area contributed by atoms with Crippen LogP contribution in [0.1, 0.15) is 47.9 Å². The van der Waals surface area contributed by atoms with Gasteiger partial charge in [0.1, 0.15) is 5.15 Å². The molecule has 1 aromatic rings. The molecular formula is C11H12ClIN2O2. The van der Waals surface area contributed by atoms with E-state index < -0.39 is 5.97 Å². The van der Waals surface area contributed by atoms with Crippen LogP contribution in [-0.4, -0.2) is 23.0 Å². The predicted octanol–water partition coefficient (Wildman–Crippen LogP) is 3.18. The first-order valence-electron chi connectivity index (χ1n) is 5.44. The van der Waals surface area contributed by atoms with Crippen LogP contribution >= 0.6 is 34.2 Å². The summed E-state index contributed by atoms with van der Waals surface area (Å²) in [7, 11) is 1.31. The predicted molar refractivity (Wildman–Crippen MR) is 72.3 cm³/mol. The summed E-state index contributed by atoms with van der Waals surface area (Å²) in [4.78, 5) is 19.7. The lowest BCUT2D eigenvalue weighted by Crippen LogP contribution is -2.12. The van der Waals surface area contributed by atoms with Crippen molar-refractivity contribution in [3.63, 3.8) is 0 Å². The second kappa shape index (κ2) is 5.48. The second-order valence-corrected chi connectivity index (χ2v) is 5.45. The lowest BCUT2D eigenvalue weighted by molar-refractivity contribution is 0.0586. The van der Waals surface area contributed by atoms with E-state index in [4.69, 9.17) is 11.6 Å². The topological polar surface area (TPSA) is 52.1 Å². The number of carbonyl (C=O) groups excluding carboxylic acids is 1. The summed E-state index contributed by atoms with van der Waals surface area (Å²) in [6.45, 7) is 0.